The lowest BCUT2D eigenvalue weighted by molar-refractivity contribution is 0.355. The van der Waals surface area contributed by atoms with E-state index in [1.807, 2.05) is 0 Å². The van der Waals surface area contributed by atoms with Crippen LogP contribution in [0.4, 0.5) is 11.4 Å². The number of fused-ring (bicyclic) bond motifs is 1. The highest BCUT2D eigenvalue weighted by molar-refractivity contribution is 9.10. The fourth-order valence-electron chi connectivity index (χ4n) is 3.10. The van der Waals surface area contributed by atoms with Crippen LogP contribution in [0.1, 0.15) is 19.3 Å². The summed E-state index contributed by atoms with van der Waals surface area (Å²) < 4.78 is 1.17. The average Bonchev–Trinajstić information content (AvgIpc) is 2.46. The van der Waals surface area contributed by atoms with Crippen molar-refractivity contribution in [1.29, 1.82) is 0 Å². The minimum absolute atomic E-state index is 0.909. The van der Waals surface area contributed by atoms with Gasteiger partial charge in [-0.25, -0.2) is 0 Å². The first kappa shape index (κ1) is 13.3. The number of hydrogen-bond acceptors (Lipinski definition) is 3. The van der Waals surface area contributed by atoms with Gasteiger partial charge in [0.1, 0.15) is 0 Å². The molecule has 1 aromatic carbocycles. The maximum Gasteiger partial charge on any atom is 0.0613 e. The van der Waals surface area contributed by atoms with Crippen molar-refractivity contribution in [1.82, 2.24) is 5.32 Å². The highest BCUT2D eigenvalue weighted by Crippen LogP contribution is 2.32. The van der Waals surface area contributed by atoms with Crippen LogP contribution in [0.5, 0.6) is 0 Å². The molecule has 0 radical (unpaired) electrons. The predicted octanol–water partition coefficient (Wildman–Crippen LogP) is 3.07. The van der Waals surface area contributed by atoms with Crippen molar-refractivity contribution in [3.63, 3.8) is 0 Å². The van der Waals surface area contributed by atoms with Crippen molar-refractivity contribution in [2.24, 2.45) is 5.92 Å². The molecule has 3 nitrogen and oxygen atoms in total. The highest BCUT2D eigenvalue weighted by Gasteiger charge is 2.19. The summed E-state index contributed by atoms with van der Waals surface area (Å²) in [7, 11) is 0. The maximum atomic E-state index is 3.58. The molecule has 1 aromatic rings. The first-order valence-electron chi connectivity index (χ1n) is 7.32. The van der Waals surface area contributed by atoms with E-state index in [9.17, 15) is 0 Å². The van der Waals surface area contributed by atoms with Gasteiger partial charge in [-0.1, -0.05) is 15.9 Å². The van der Waals surface area contributed by atoms with Crippen molar-refractivity contribution in [2.45, 2.75) is 19.3 Å². The molecule has 0 atom stereocenters. The van der Waals surface area contributed by atoms with E-state index >= 15 is 0 Å². The van der Waals surface area contributed by atoms with Gasteiger partial charge in [-0.05, 0) is 56.5 Å². The summed E-state index contributed by atoms with van der Waals surface area (Å²) >= 11 is 3.58. The van der Waals surface area contributed by atoms with Gasteiger partial charge in [-0.3, -0.25) is 0 Å². The maximum absolute atomic E-state index is 3.58. The zero-order valence-corrected chi connectivity index (χ0v) is 12.9. The third-order valence-electron chi connectivity index (χ3n) is 4.26. The molecule has 2 aliphatic rings. The minimum atomic E-state index is 0.909. The number of anilines is 2. The zero-order chi connectivity index (χ0) is 13.1. The van der Waals surface area contributed by atoms with E-state index in [2.05, 4.69) is 49.7 Å². The lowest BCUT2D eigenvalue weighted by atomic mass is 9.94. The van der Waals surface area contributed by atoms with Crippen LogP contribution < -0.4 is 15.5 Å². The van der Waals surface area contributed by atoms with Crippen LogP contribution >= 0.6 is 15.9 Å². The van der Waals surface area contributed by atoms with Gasteiger partial charge in [0.25, 0.3) is 0 Å². The Morgan fingerprint density at radius 1 is 1.21 bits per heavy atom. The van der Waals surface area contributed by atoms with Crippen LogP contribution in [0.15, 0.2) is 22.7 Å². The number of nitrogens with zero attached hydrogens (tertiary/aromatic N) is 1. The molecule has 0 unspecified atom stereocenters. The molecule has 0 aromatic heterocycles. The normalized spacial score (nSPS) is 19.9. The summed E-state index contributed by atoms with van der Waals surface area (Å²) in [6, 6.07) is 6.53. The summed E-state index contributed by atoms with van der Waals surface area (Å²) in [6.07, 6.45) is 4.02. The standard InChI is InChI=1S/C15H22BrN3/c16-13-1-2-14-15(11-13)19(10-8-18-14)9-5-12-3-6-17-7-4-12/h1-2,11-12,17-18H,3-10H2. The summed E-state index contributed by atoms with van der Waals surface area (Å²) in [5.41, 5.74) is 2.63. The van der Waals surface area contributed by atoms with Crippen LogP contribution in [0, 0.1) is 5.92 Å². The van der Waals surface area contributed by atoms with Crippen LogP contribution in [-0.4, -0.2) is 32.7 Å². The van der Waals surface area contributed by atoms with Crippen molar-refractivity contribution in [2.75, 3.05) is 42.9 Å². The van der Waals surface area contributed by atoms with Crippen molar-refractivity contribution < 1.29 is 0 Å². The van der Waals surface area contributed by atoms with Gasteiger partial charge >= 0.3 is 0 Å². The molecular weight excluding hydrogens is 302 g/mol. The average molecular weight is 324 g/mol. The third kappa shape index (κ3) is 3.23. The molecule has 19 heavy (non-hydrogen) atoms. The van der Waals surface area contributed by atoms with E-state index in [0.29, 0.717) is 0 Å². The Hall–Kier alpha value is -0.740. The first-order chi connectivity index (χ1) is 9.33. The Morgan fingerprint density at radius 2 is 2.05 bits per heavy atom. The minimum Gasteiger partial charge on any atom is -0.382 e. The SMILES string of the molecule is Brc1ccc2c(c1)N(CCC1CCNCC1)CCN2. The molecular formula is C15H22BrN3. The topological polar surface area (TPSA) is 27.3 Å². The highest BCUT2D eigenvalue weighted by atomic mass is 79.9. The van der Waals surface area contributed by atoms with Crippen molar-refractivity contribution in [3.8, 4) is 0 Å². The smallest absolute Gasteiger partial charge is 0.0613 e. The zero-order valence-electron chi connectivity index (χ0n) is 11.3. The van der Waals surface area contributed by atoms with E-state index in [1.54, 1.807) is 0 Å². The number of nitrogens with one attached hydrogen (secondary N) is 2. The first-order valence-corrected chi connectivity index (χ1v) is 8.11. The number of piperidine rings is 1. The molecule has 2 N–H and O–H groups in total. The largest absolute Gasteiger partial charge is 0.382 e. The Kier molecular flexibility index (Phi) is 4.28. The molecule has 3 rings (SSSR count). The molecule has 2 aliphatic heterocycles. The van der Waals surface area contributed by atoms with Gasteiger partial charge in [-0.15, -0.1) is 0 Å². The second kappa shape index (κ2) is 6.14. The Labute approximate surface area is 123 Å². The fraction of sp³-hybridized carbons (Fsp3) is 0.600. The molecule has 1 saturated heterocycles. The van der Waals surface area contributed by atoms with Crippen molar-refractivity contribution in [3.05, 3.63) is 22.7 Å². The Bertz CT molecular complexity index is 429. The van der Waals surface area contributed by atoms with Gasteiger partial charge in [0, 0.05) is 24.1 Å². The van der Waals surface area contributed by atoms with Crippen molar-refractivity contribution >= 4 is 27.3 Å². The lowest BCUT2D eigenvalue weighted by Crippen LogP contribution is -2.36. The molecule has 104 valence electrons. The van der Waals surface area contributed by atoms with Gasteiger partial charge in [-0.2, -0.15) is 0 Å². The summed E-state index contributed by atoms with van der Waals surface area (Å²) in [5, 5.41) is 6.93. The lowest BCUT2D eigenvalue weighted by Gasteiger charge is -2.34. The summed E-state index contributed by atoms with van der Waals surface area (Å²) in [4.78, 5) is 2.54. The van der Waals surface area contributed by atoms with E-state index in [4.69, 9.17) is 0 Å². The number of halogens is 1. The van der Waals surface area contributed by atoms with E-state index < -0.39 is 0 Å². The molecule has 0 saturated carbocycles. The second-order valence-electron chi connectivity index (χ2n) is 5.56. The van der Waals surface area contributed by atoms with Crippen LogP contribution in [0.3, 0.4) is 0 Å². The number of benzene rings is 1. The van der Waals surface area contributed by atoms with Gasteiger partial charge in [0.05, 0.1) is 11.4 Å². The van der Waals surface area contributed by atoms with Crippen LogP contribution in [-0.2, 0) is 0 Å². The number of rotatable bonds is 3. The summed E-state index contributed by atoms with van der Waals surface area (Å²) in [6.45, 7) is 5.77. The molecule has 4 heteroatoms. The predicted molar refractivity (Wildman–Crippen MR) is 85.1 cm³/mol. The molecule has 0 amide bonds. The fourth-order valence-corrected chi connectivity index (χ4v) is 3.45. The van der Waals surface area contributed by atoms with Gasteiger partial charge in [0.15, 0.2) is 0 Å². The molecule has 0 aliphatic carbocycles. The second-order valence-corrected chi connectivity index (χ2v) is 6.47. The van der Waals surface area contributed by atoms with Gasteiger partial charge in [0.2, 0.25) is 0 Å². The van der Waals surface area contributed by atoms with E-state index in [-0.39, 0.29) is 0 Å². The van der Waals surface area contributed by atoms with Crippen LogP contribution in [0.2, 0.25) is 0 Å². The third-order valence-corrected chi connectivity index (χ3v) is 4.76. The molecule has 0 spiro atoms. The molecule has 1 fully saturated rings. The molecule has 0 bridgehead atoms. The molecule has 2 heterocycles. The number of hydrogen-bond donors (Lipinski definition) is 2. The Balaban J connectivity index is 1.64. The quantitative estimate of drug-likeness (QED) is 0.895. The monoisotopic (exact) mass is 323 g/mol. The van der Waals surface area contributed by atoms with E-state index in [0.717, 1.165) is 19.0 Å². The summed E-state index contributed by atoms with van der Waals surface area (Å²) in [5.74, 6) is 0.909. The van der Waals surface area contributed by atoms with Gasteiger partial charge < -0.3 is 15.5 Å². The van der Waals surface area contributed by atoms with Crippen LogP contribution in [0.25, 0.3) is 0 Å². The Morgan fingerprint density at radius 3 is 2.89 bits per heavy atom. The van der Waals surface area contributed by atoms with E-state index in [1.165, 1.54) is 54.7 Å².